The van der Waals surface area contributed by atoms with Gasteiger partial charge >= 0.3 is 6.03 Å². The van der Waals surface area contributed by atoms with E-state index in [1.807, 2.05) is 13.0 Å². The Morgan fingerprint density at radius 1 is 1.14 bits per heavy atom. The smallest absolute Gasteiger partial charge is 0.318 e. The van der Waals surface area contributed by atoms with Crippen molar-refractivity contribution in [3.05, 3.63) is 40.7 Å². The van der Waals surface area contributed by atoms with Crippen molar-refractivity contribution in [3.63, 3.8) is 0 Å². The molecule has 2 aliphatic rings. The normalized spacial score (nSPS) is 21.0. The molecular weight excluding hydrogens is 372 g/mol. The molecule has 1 fully saturated rings. The summed E-state index contributed by atoms with van der Waals surface area (Å²) < 4.78 is 10.9. The zero-order chi connectivity index (χ0) is 20.8. The van der Waals surface area contributed by atoms with Crippen LogP contribution in [-0.4, -0.2) is 53.1 Å². The highest BCUT2D eigenvalue weighted by Gasteiger charge is 2.36. The third kappa shape index (κ3) is 4.02. The van der Waals surface area contributed by atoms with Gasteiger partial charge in [-0.2, -0.15) is 0 Å². The fourth-order valence-electron chi connectivity index (χ4n) is 4.29. The van der Waals surface area contributed by atoms with E-state index in [1.54, 1.807) is 22.8 Å². The summed E-state index contributed by atoms with van der Waals surface area (Å²) in [7, 11) is 0. The van der Waals surface area contributed by atoms with Crippen molar-refractivity contribution in [1.29, 1.82) is 0 Å². The maximum atomic E-state index is 12.9. The average molecular weight is 400 g/mol. The summed E-state index contributed by atoms with van der Waals surface area (Å²) >= 11 is 0. The molecule has 8 heteroatoms. The highest BCUT2D eigenvalue weighted by atomic mass is 16.5. The Labute approximate surface area is 170 Å². The number of piperazine rings is 1. The number of nitrogens with zero attached hydrogens (tertiary/aromatic N) is 3. The number of urea groups is 1. The monoisotopic (exact) mass is 400 g/mol. The Kier molecular flexibility index (Phi) is 4.88. The van der Waals surface area contributed by atoms with Crippen LogP contribution in [0.5, 0.6) is 0 Å². The van der Waals surface area contributed by atoms with Gasteiger partial charge in [0.2, 0.25) is 5.76 Å². The van der Waals surface area contributed by atoms with Crippen molar-refractivity contribution in [3.8, 4) is 0 Å². The van der Waals surface area contributed by atoms with Crippen LogP contribution in [0.2, 0.25) is 0 Å². The molecule has 2 aromatic rings. The molecule has 8 nitrogen and oxygen atoms in total. The molecule has 0 aromatic carbocycles. The second-order valence-corrected chi connectivity index (χ2v) is 8.89. The van der Waals surface area contributed by atoms with Crippen molar-refractivity contribution in [1.82, 2.24) is 20.3 Å². The standard InChI is InChI=1S/C21H28N4O4/c1-13-9-17(29-23-13)19(26)24-5-7-25(8-6-24)20(27)22-16-11-21(3,4)12-18-15(16)10-14(2)28-18/h9-10,16H,5-8,11-12H2,1-4H3,(H,22,27). The first kappa shape index (κ1) is 19.5. The number of aromatic nitrogens is 1. The maximum Gasteiger partial charge on any atom is 0.318 e. The lowest BCUT2D eigenvalue weighted by atomic mass is 9.75. The molecule has 2 aromatic heterocycles. The third-order valence-corrected chi connectivity index (χ3v) is 5.73. The summed E-state index contributed by atoms with van der Waals surface area (Å²) in [4.78, 5) is 28.8. The van der Waals surface area contributed by atoms with Gasteiger partial charge in [-0.25, -0.2) is 4.79 Å². The van der Waals surface area contributed by atoms with Crippen LogP contribution in [-0.2, 0) is 6.42 Å². The van der Waals surface area contributed by atoms with Gasteiger partial charge in [0.25, 0.3) is 5.91 Å². The fourth-order valence-corrected chi connectivity index (χ4v) is 4.29. The number of nitrogens with one attached hydrogen (secondary N) is 1. The summed E-state index contributed by atoms with van der Waals surface area (Å²) in [6.45, 7) is 10.0. The molecule has 3 heterocycles. The summed E-state index contributed by atoms with van der Waals surface area (Å²) in [5.41, 5.74) is 1.83. The Morgan fingerprint density at radius 3 is 2.48 bits per heavy atom. The van der Waals surface area contributed by atoms with Gasteiger partial charge in [-0.05, 0) is 31.7 Å². The summed E-state index contributed by atoms with van der Waals surface area (Å²) in [5, 5.41) is 6.96. The van der Waals surface area contributed by atoms with Gasteiger partial charge in [-0.1, -0.05) is 19.0 Å². The maximum absolute atomic E-state index is 12.9. The SMILES string of the molecule is Cc1cc(C(=O)N2CCN(C(=O)NC3CC(C)(C)Cc4oc(C)cc43)CC2)on1. The van der Waals surface area contributed by atoms with Gasteiger partial charge in [0.05, 0.1) is 11.7 Å². The molecule has 4 rings (SSSR count). The number of amides is 3. The highest BCUT2D eigenvalue weighted by Crippen LogP contribution is 2.42. The summed E-state index contributed by atoms with van der Waals surface area (Å²) in [6, 6.07) is 3.51. The molecule has 0 radical (unpaired) electrons. The molecule has 1 saturated heterocycles. The molecule has 1 atom stereocenters. The minimum Gasteiger partial charge on any atom is -0.466 e. The van der Waals surface area contributed by atoms with Crippen molar-refractivity contribution in [2.45, 2.75) is 46.6 Å². The summed E-state index contributed by atoms with van der Waals surface area (Å²) in [6.07, 6.45) is 1.75. The van der Waals surface area contributed by atoms with E-state index in [4.69, 9.17) is 8.94 Å². The molecule has 1 aliphatic heterocycles. The van der Waals surface area contributed by atoms with Crippen LogP contribution in [0.1, 0.15) is 59.6 Å². The van der Waals surface area contributed by atoms with E-state index in [1.165, 1.54) is 0 Å². The van der Waals surface area contributed by atoms with Gasteiger partial charge in [0, 0.05) is 44.2 Å². The van der Waals surface area contributed by atoms with Crippen LogP contribution < -0.4 is 5.32 Å². The highest BCUT2D eigenvalue weighted by molar-refractivity contribution is 5.91. The van der Waals surface area contributed by atoms with E-state index in [2.05, 4.69) is 24.3 Å². The molecule has 0 saturated carbocycles. The zero-order valence-corrected chi connectivity index (χ0v) is 17.4. The molecule has 1 N–H and O–H groups in total. The summed E-state index contributed by atoms with van der Waals surface area (Å²) in [5.74, 6) is 1.91. The van der Waals surface area contributed by atoms with E-state index in [9.17, 15) is 9.59 Å². The van der Waals surface area contributed by atoms with Crippen LogP contribution in [0.15, 0.2) is 21.1 Å². The first-order valence-electron chi connectivity index (χ1n) is 10.1. The number of furan rings is 1. The predicted molar refractivity (Wildman–Crippen MR) is 106 cm³/mol. The number of aryl methyl sites for hydroxylation is 2. The van der Waals surface area contributed by atoms with E-state index in [-0.39, 0.29) is 29.2 Å². The third-order valence-electron chi connectivity index (χ3n) is 5.73. The Morgan fingerprint density at radius 2 is 1.83 bits per heavy atom. The second-order valence-electron chi connectivity index (χ2n) is 8.89. The van der Waals surface area contributed by atoms with Crippen LogP contribution in [0.4, 0.5) is 4.79 Å². The number of carbonyl (C=O) groups is 2. The molecule has 3 amide bonds. The van der Waals surface area contributed by atoms with Crippen LogP contribution in [0, 0.1) is 19.3 Å². The Balaban J connectivity index is 1.37. The fraction of sp³-hybridized carbons (Fsp3) is 0.571. The predicted octanol–water partition coefficient (Wildman–Crippen LogP) is 3.07. The molecule has 0 bridgehead atoms. The lowest BCUT2D eigenvalue weighted by Crippen LogP contribution is -2.54. The van der Waals surface area contributed by atoms with Crippen LogP contribution >= 0.6 is 0 Å². The number of carbonyl (C=O) groups excluding carboxylic acids is 2. The molecule has 1 unspecified atom stereocenters. The topological polar surface area (TPSA) is 91.8 Å². The first-order chi connectivity index (χ1) is 13.7. The van der Waals surface area contributed by atoms with Crippen molar-refractivity contribution < 1.29 is 18.5 Å². The minimum atomic E-state index is -0.182. The number of hydrogen-bond acceptors (Lipinski definition) is 5. The lowest BCUT2D eigenvalue weighted by molar-refractivity contribution is 0.0621. The first-order valence-corrected chi connectivity index (χ1v) is 10.1. The Hall–Kier alpha value is -2.77. The number of fused-ring (bicyclic) bond motifs is 1. The largest absolute Gasteiger partial charge is 0.466 e. The molecule has 29 heavy (non-hydrogen) atoms. The van der Waals surface area contributed by atoms with Crippen molar-refractivity contribution in [2.24, 2.45) is 5.41 Å². The quantitative estimate of drug-likeness (QED) is 0.836. The molecule has 0 spiro atoms. The van der Waals surface area contributed by atoms with Gasteiger partial charge in [-0.15, -0.1) is 0 Å². The van der Waals surface area contributed by atoms with Gasteiger partial charge < -0.3 is 24.1 Å². The van der Waals surface area contributed by atoms with E-state index in [0.717, 1.165) is 29.9 Å². The van der Waals surface area contributed by atoms with E-state index >= 15 is 0 Å². The van der Waals surface area contributed by atoms with Crippen molar-refractivity contribution in [2.75, 3.05) is 26.2 Å². The van der Waals surface area contributed by atoms with Crippen LogP contribution in [0.3, 0.4) is 0 Å². The van der Waals surface area contributed by atoms with Gasteiger partial charge in [0.1, 0.15) is 11.5 Å². The minimum absolute atomic E-state index is 0.0597. The molecule has 1 aliphatic carbocycles. The second kappa shape index (κ2) is 7.24. The molecule has 156 valence electrons. The molecular formula is C21H28N4O4. The van der Waals surface area contributed by atoms with Crippen LogP contribution in [0.25, 0.3) is 0 Å². The lowest BCUT2D eigenvalue weighted by Gasteiger charge is -2.38. The van der Waals surface area contributed by atoms with Crippen molar-refractivity contribution >= 4 is 11.9 Å². The number of hydrogen-bond donors (Lipinski definition) is 1. The zero-order valence-electron chi connectivity index (χ0n) is 17.4. The Bertz CT molecular complexity index is 921. The van der Waals surface area contributed by atoms with E-state index in [0.29, 0.717) is 31.9 Å². The van der Waals surface area contributed by atoms with Gasteiger partial charge in [0.15, 0.2) is 0 Å². The van der Waals surface area contributed by atoms with Gasteiger partial charge in [-0.3, -0.25) is 4.79 Å². The average Bonchev–Trinajstić information content (AvgIpc) is 3.25. The van der Waals surface area contributed by atoms with E-state index < -0.39 is 0 Å². The number of rotatable bonds is 2.